The molecule has 1 aromatic carbocycles. The number of hydrogen-bond acceptors (Lipinski definition) is 3. The standard InChI is InChI=1S/C22H35N3O2/c1-3-23-21(25-13-10-19(16-25)17-27-15-14-26-2)24-18-22(11-7-12-22)20-8-5-4-6-9-20/h4-6,8-9,19H,3,7,10-18H2,1-2H3,(H,23,24). The predicted octanol–water partition coefficient (Wildman–Crippen LogP) is 3.06. The van der Waals surface area contributed by atoms with Crippen molar-refractivity contribution in [2.45, 2.75) is 38.0 Å². The molecule has 0 amide bonds. The Morgan fingerprint density at radius 2 is 2.07 bits per heavy atom. The van der Waals surface area contributed by atoms with Gasteiger partial charge in [0.1, 0.15) is 0 Å². The molecule has 27 heavy (non-hydrogen) atoms. The number of hydrogen-bond donors (Lipinski definition) is 1. The molecule has 1 aliphatic heterocycles. The van der Waals surface area contributed by atoms with Gasteiger partial charge in [-0.2, -0.15) is 0 Å². The molecule has 2 fully saturated rings. The van der Waals surface area contributed by atoms with Crippen molar-refractivity contribution in [2.75, 3.05) is 53.1 Å². The van der Waals surface area contributed by atoms with E-state index >= 15 is 0 Å². The molecule has 0 spiro atoms. The van der Waals surface area contributed by atoms with E-state index in [-0.39, 0.29) is 5.41 Å². The van der Waals surface area contributed by atoms with Crippen LogP contribution in [0.25, 0.3) is 0 Å². The second kappa shape index (κ2) is 10.1. The molecule has 0 bridgehead atoms. The van der Waals surface area contributed by atoms with Crippen molar-refractivity contribution in [1.29, 1.82) is 0 Å². The molecule has 5 heteroatoms. The van der Waals surface area contributed by atoms with Crippen LogP contribution in [0.4, 0.5) is 0 Å². The van der Waals surface area contributed by atoms with Gasteiger partial charge < -0.3 is 19.7 Å². The molecule has 1 atom stereocenters. The highest BCUT2D eigenvalue weighted by Gasteiger charge is 2.38. The van der Waals surface area contributed by atoms with Crippen molar-refractivity contribution in [1.82, 2.24) is 10.2 Å². The van der Waals surface area contributed by atoms with E-state index in [1.165, 1.54) is 31.2 Å². The Morgan fingerprint density at radius 3 is 2.74 bits per heavy atom. The van der Waals surface area contributed by atoms with Gasteiger partial charge in [-0.3, -0.25) is 4.99 Å². The van der Waals surface area contributed by atoms with Gasteiger partial charge in [0.15, 0.2) is 5.96 Å². The Morgan fingerprint density at radius 1 is 1.26 bits per heavy atom. The molecule has 150 valence electrons. The van der Waals surface area contributed by atoms with E-state index in [2.05, 4.69) is 47.5 Å². The molecule has 1 heterocycles. The summed E-state index contributed by atoms with van der Waals surface area (Å²) in [6.45, 7) is 8.18. The zero-order valence-corrected chi connectivity index (χ0v) is 17.0. The van der Waals surface area contributed by atoms with Crippen molar-refractivity contribution in [3.05, 3.63) is 35.9 Å². The van der Waals surface area contributed by atoms with Crippen LogP contribution in [0, 0.1) is 5.92 Å². The summed E-state index contributed by atoms with van der Waals surface area (Å²) in [6, 6.07) is 10.9. The monoisotopic (exact) mass is 373 g/mol. The molecule has 0 radical (unpaired) electrons. The fraction of sp³-hybridized carbons (Fsp3) is 0.682. The number of rotatable bonds is 9. The summed E-state index contributed by atoms with van der Waals surface area (Å²) in [5.74, 6) is 1.65. The first kappa shape index (κ1) is 20.2. The molecule has 1 unspecified atom stereocenters. The lowest BCUT2D eigenvalue weighted by Crippen LogP contribution is -2.43. The minimum absolute atomic E-state index is 0.240. The van der Waals surface area contributed by atoms with Crippen molar-refractivity contribution >= 4 is 5.96 Å². The average Bonchev–Trinajstić information content (AvgIpc) is 3.13. The topological polar surface area (TPSA) is 46.1 Å². The molecule has 1 saturated carbocycles. The third kappa shape index (κ3) is 5.23. The molecule has 3 rings (SSSR count). The van der Waals surface area contributed by atoms with Gasteiger partial charge in [0.2, 0.25) is 0 Å². The average molecular weight is 374 g/mol. The highest BCUT2D eigenvalue weighted by atomic mass is 16.5. The smallest absolute Gasteiger partial charge is 0.193 e. The lowest BCUT2D eigenvalue weighted by atomic mass is 9.64. The van der Waals surface area contributed by atoms with Crippen LogP contribution in [0.1, 0.15) is 38.2 Å². The first-order valence-corrected chi connectivity index (χ1v) is 10.4. The zero-order valence-electron chi connectivity index (χ0n) is 17.0. The fourth-order valence-corrected chi connectivity index (χ4v) is 4.14. The largest absolute Gasteiger partial charge is 0.382 e. The Labute approximate surface area is 164 Å². The van der Waals surface area contributed by atoms with Crippen molar-refractivity contribution in [3.63, 3.8) is 0 Å². The number of nitrogens with one attached hydrogen (secondary N) is 1. The maximum Gasteiger partial charge on any atom is 0.193 e. The molecule has 0 aromatic heterocycles. The minimum atomic E-state index is 0.240. The Hall–Kier alpha value is -1.59. The number of nitrogens with zero attached hydrogens (tertiary/aromatic N) is 2. The molecule has 5 nitrogen and oxygen atoms in total. The number of likely N-dealkylation sites (tertiary alicyclic amines) is 1. The quantitative estimate of drug-likeness (QED) is 0.411. The number of guanidine groups is 1. The first-order valence-electron chi connectivity index (χ1n) is 10.4. The van der Waals surface area contributed by atoms with Crippen LogP contribution in [-0.2, 0) is 14.9 Å². The van der Waals surface area contributed by atoms with E-state index in [4.69, 9.17) is 14.5 Å². The van der Waals surface area contributed by atoms with Crippen LogP contribution in [-0.4, -0.2) is 64.0 Å². The summed E-state index contributed by atoms with van der Waals surface area (Å²) in [4.78, 5) is 7.49. The molecule has 2 aliphatic rings. The van der Waals surface area contributed by atoms with Gasteiger partial charge in [0, 0.05) is 38.1 Å². The van der Waals surface area contributed by atoms with Crippen molar-refractivity contribution in [2.24, 2.45) is 10.9 Å². The molecule has 1 N–H and O–H groups in total. The van der Waals surface area contributed by atoms with Gasteiger partial charge in [-0.25, -0.2) is 0 Å². The van der Waals surface area contributed by atoms with Gasteiger partial charge >= 0.3 is 0 Å². The van der Waals surface area contributed by atoms with E-state index in [9.17, 15) is 0 Å². The normalized spacial score (nSPS) is 21.9. The van der Waals surface area contributed by atoms with E-state index in [0.717, 1.165) is 38.7 Å². The second-order valence-electron chi connectivity index (χ2n) is 7.84. The molecular weight excluding hydrogens is 338 g/mol. The minimum Gasteiger partial charge on any atom is -0.382 e. The number of aliphatic imine (C=N–C) groups is 1. The fourth-order valence-electron chi connectivity index (χ4n) is 4.14. The van der Waals surface area contributed by atoms with Gasteiger partial charge in [0.25, 0.3) is 0 Å². The highest BCUT2D eigenvalue weighted by molar-refractivity contribution is 5.80. The number of benzene rings is 1. The summed E-state index contributed by atoms with van der Waals surface area (Å²) in [7, 11) is 1.71. The van der Waals surface area contributed by atoms with Gasteiger partial charge in [-0.1, -0.05) is 36.8 Å². The number of methoxy groups -OCH3 is 1. The summed E-state index contributed by atoms with van der Waals surface area (Å²) in [5, 5.41) is 3.51. The Kier molecular flexibility index (Phi) is 7.53. The van der Waals surface area contributed by atoms with E-state index in [1.54, 1.807) is 7.11 Å². The molecule has 1 saturated heterocycles. The van der Waals surface area contributed by atoms with Crippen molar-refractivity contribution < 1.29 is 9.47 Å². The summed E-state index contributed by atoms with van der Waals surface area (Å²) < 4.78 is 10.8. The van der Waals surface area contributed by atoms with Gasteiger partial charge in [-0.15, -0.1) is 0 Å². The first-order chi connectivity index (χ1) is 13.3. The van der Waals surface area contributed by atoms with Crippen molar-refractivity contribution in [3.8, 4) is 0 Å². The van der Waals surface area contributed by atoms with Crippen LogP contribution in [0.3, 0.4) is 0 Å². The predicted molar refractivity (Wildman–Crippen MR) is 110 cm³/mol. The summed E-state index contributed by atoms with van der Waals surface area (Å²) >= 11 is 0. The van der Waals surface area contributed by atoms with Crippen LogP contribution in [0.2, 0.25) is 0 Å². The zero-order chi connectivity index (χ0) is 19.0. The number of ether oxygens (including phenoxy) is 2. The maximum absolute atomic E-state index is 5.73. The van der Waals surface area contributed by atoms with Crippen LogP contribution in [0.5, 0.6) is 0 Å². The Balaban J connectivity index is 1.58. The third-order valence-corrected chi connectivity index (χ3v) is 5.93. The molecule has 1 aliphatic carbocycles. The second-order valence-corrected chi connectivity index (χ2v) is 7.84. The van der Waals surface area contributed by atoms with E-state index in [1.807, 2.05) is 0 Å². The highest BCUT2D eigenvalue weighted by Crippen LogP contribution is 2.43. The van der Waals surface area contributed by atoms with Gasteiger partial charge in [-0.05, 0) is 31.7 Å². The third-order valence-electron chi connectivity index (χ3n) is 5.93. The van der Waals surface area contributed by atoms with Crippen LogP contribution in [0.15, 0.2) is 35.3 Å². The Bertz CT molecular complexity index is 586. The summed E-state index contributed by atoms with van der Waals surface area (Å²) in [5.41, 5.74) is 1.69. The van der Waals surface area contributed by atoms with Gasteiger partial charge in [0.05, 0.1) is 26.4 Å². The molecule has 1 aromatic rings. The lowest BCUT2D eigenvalue weighted by molar-refractivity contribution is 0.0536. The lowest BCUT2D eigenvalue weighted by Gasteiger charge is -2.41. The van der Waals surface area contributed by atoms with E-state index in [0.29, 0.717) is 19.1 Å². The maximum atomic E-state index is 5.73. The SMILES string of the molecule is CCNC(=NCC1(c2ccccc2)CCC1)N1CCC(COCCOC)C1. The van der Waals surface area contributed by atoms with E-state index < -0.39 is 0 Å². The molecular formula is C22H35N3O2. The van der Waals surface area contributed by atoms with Crippen LogP contribution >= 0.6 is 0 Å². The summed E-state index contributed by atoms with van der Waals surface area (Å²) in [6.07, 6.45) is 4.97. The van der Waals surface area contributed by atoms with Crippen LogP contribution < -0.4 is 5.32 Å².